The third-order valence-corrected chi connectivity index (χ3v) is 3.74. The Morgan fingerprint density at radius 1 is 1.29 bits per heavy atom. The Bertz CT molecular complexity index is 684. The minimum Gasteiger partial charge on any atom is -0.395 e. The van der Waals surface area contributed by atoms with Crippen LogP contribution in [0.3, 0.4) is 0 Å². The number of hydrogen-bond donors (Lipinski definition) is 2. The second-order valence-electron chi connectivity index (χ2n) is 4.35. The molecule has 7 heteroatoms. The Hall–Kier alpha value is -2.15. The zero-order valence-corrected chi connectivity index (χ0v) is 11.8. The first-order valence-corrected chi connectivity index (χ1v) is 6.75. The van der Waals surface area contributed by atoms with Crippen LogP contribution < -0.4 is 5.73 Å². The molecule has 2 aromatic rings. The molecule has 2 heterocycles. The van der Waals surface area contributed by atoms with Crippen LogP contribution in [0.15, 0.2) is 42.2 Å². The molecule has 2 aromatic heterocycles. The lowest BCUT2D eigenvalue weighted by molar-refractivity contribution is -0.0925. The monoisotopic (exact) mass is 311 g/mol. The first-order chi connectivity index (χ1) is 9.77. The van der Waals surface area contributed by atoms with Crippen molar-refractivity contribution < 1.29 is 13.2 Å². The van der Waals surface area contributed by atoms with Crippen LogP contribution in [-0.2, 0) is 0 Å². The average molecular weight is 311 g/mol. The highest BCUT2D eigenvalue weighted by molar-refractivity contribution is 7.15. The fourth-order valence-corrected chi connectivity index (χ4v) is 2.46. The Balaban J connectivity index is 2.21. The zero-order valence-electron chi connectivity index (χ0n) is 11.0. The number of nitrogens with zero attached hydrogens (tertiary/aromatic N) is 1. The first kappa shape index (κ1) is 15.2. The summed E-state index contributed by atoms with van der Waals surface area (Å²) in [5.41, 5.74) is 4.19. The number of rotatable bonds is 3. The van der Waals surface area contributed by atoms with E-state index in [2.05, 4.69) is 4.98 Å². The highest BCUT2D eigenvalue weighted by atomic mass is 32.1. The fourth-order valence-electron chi connectivity index (χ4n) is 1.60. The van der Waals surface area contributed by atoms with Gasteiger partial charge in [0, 0.05) is 21.5 Å². The van der Waals surface area contributed by atoms with E-state index < -0.39 is 11.9 Å². The number of aromatic nitrogens is 1. The number of halogens is 3. The summed E-state index contributed by atoms with van der Waals surface area (Å²) in [4.78, 5) is 6.19. The van der Waals surface area contributed by atoms with Gasteiger partial charge in [-0.15, -0.1) is 11.3 Å². The summed E-state index contributed by atoms with van der Waals surface area (Å²) >= 11 is 1.59. The van der Waals surface area contributed by atoms with Crippen molar-refractivity contribution >= 4 is 17.0 Å². The second kappa shape index (κ2) is 5.69. The molecule has 21 heavy (non-hydrogen) atoms. The van der Waals surface area contributed by atoms with Gasteiger partial charge in [-0.25, -0.2) is 0 Å². The molecule has 0 fully saturated rings. The van der Waals surface area contributed by atoms with Gasteiger partial charge in [0.1, 0.15) is 5.70 Å². The van der Waals surface area contributed by atoms with E-state index in [1.165, 1.54) is 12.3 Å². The largest absolute Gasteiger partial charge is 0.430 e. The predicted molar refractivity (Wildman–Crippen MR) is 77.4 cm³/mol. The summed E-state index contributed by atoms with van der Waals surface area (Å²) < 4.78 is 36.9. The number of nitrogens with two attached hydrogens (primary N) is 1. The van der Waals surface area contributed by atoms with Crippen LogP contribution in [-0.4, -0.2) is 16.9 Å². The maximum atomic E-state index is 12.3. The quantitative estimate of drug-likeness (QED) is 0.845. The molecule has 0 aliphatic carbocycles. The van der Waals surface area contributed by atoms with Crippen LogP contribution in [0.5, 0.6) is 0 Å². The number of hydrogen-bond acceptors (Lipinski definition) is 4. The van der Waals surface area contributed by atoms with Gasteiger partial charge in [0.15, 0.2) is 0 Å². The molecule has 0 spiro atoms. The van der Waals surface area contributed by atoms with Crippen molar-refractivity contribution in [2.75, 3.05) is 0 Å². The minimum atomic E-state index is -4.64. The highest BCUT2D eigenvalue weighted by Gasteiger charge is 2.31. The molecule has 0 radical (unpaired) electrons. The molecule has 3 nitrogen and oxygen atoms in total. The molecule has 0 bridgehead atoms. The molecule has 0 aliphatic heterocycles. The average Bonchev–Trinajstić information content (AvgIpc) is 2.84. The Morgan fingerprint density at radius 2 is 2.00 bits per heavy atom. The Morgan fingerprint density at radius 3 is 2.48 bits per heavy atom. The van der Waals surface area contributed by atoms with Crippen LogP contribution >= 0.6 is 11.3 Å². The molecular weight excluding hydrogens is 299 g/mol. The van der Waals surface area contributed by atoms with Gasteiger partial charge in [-0.1, -0.05) is 0 Å². The highest BCUT2D eigenvalue weighted by Crippen LogP contribution is 2.27. The Kier molecular flexibility index (Phi) is 4.13. The van der Waals surface area contributed by atoms with Crippen LogP contribution in [0.2, 0.25) is 0 Å². The molecule has 0 saturated carbocycles. The smallest absolute Gasteiger partial charge is 0.395 e. The van der Waals surface area contributed by atoms with Crippen LogP contribution in [0.1, 0.15) is 10.6 Å². The van der Waals surface area contributed by atoms with Crippen molar-refractivity contribution in [2.24, 2.45) is 5.73 Å². The minimum absolute atomic E-state index is 0.138. The number of nitrogens with one attached hydrogen (secondary N) is 1. The lowest BCUT2D eigenvalue weighted by Gasteiger charge is -2.06. The van der Waals surface area contributed by atoms with E-state index in [0.29, 0.717) is 6.08 Å². The molecule has 0 atom stereocenters. The standard InChI is InChI=1S/C14H12F3N3S/c1-8-2-5-12(21-8)9-3-4-11(20-7-9)10(18)6-13(19)14(15,16)17/h2-7,18H,19H2,1H3. The van der Waals surface area contributed by atoms with Crippen molar-refractivity contribution in [2.45, 2.75) is 13.1 Å². The van der Waals surface area contributed by atoms with Crippen molar-refractivity contribution in [1.29, 1.82) is 5.41 Å². The molecule has 3 N–H and O–H groups in total. The van der Waals surface area contributed by atoms with E-state index in [9.17, 15) is 13.2 Å². The number of thiophene rings is 1. The molecule has 110 valence electrons. The molecular formula is C14H12F3N3S. The van der Waals surface area contributed by atoms with Crippen molar-refractivity contribution in [1.82, 2.24) is 4.98 Å². The third-order valence-electron chi connectivity index (χ3n) is 2.69. The van der Waals surface area contributed by atoms with Crippen molar-refractivity contribution in [3.8, 4) is 10.4 Å². The maximum absolute atomic E-state index is 12.3. The normalized spacial score (nSPS) is 12.5. The summed E-state index contributed by atoms with van der Waals surface area (Å²) in [7, 11) is 0. The van der Waals surface area contributed by atoms with Gasteiger partial charge in [0.05, 0.1) is 11.4 Å². The summed E-state index contributed by atoms with van der Waals surface area (Å²) in [6.07, 6.45) is -2.54. The van der Waals surface area contributed by atoms with Gasteiger partial charge >= 0.3 is 6.18 Å². The van der Waals surface area contributed by atoms with Gasteiger partial charge in [0.2, 0.25) is 0 Å². The van der Waals surface area contributed by atoms with Gasteiger partial charge in [0.25, 0.3) is 0 Å². The van der Waals surface area contributed by atoms with E-state index in [1.807, 2.05) is 19.1 Å². The van der Waals surface area contributed by atoms with Gasteiger partial charge < -0.3 is 5.73 Å². The molecule has 0 saturated heterocycles. The van der Waals surface area contributed by atoms with Crippen LogP contribution in [0, 0.1) is 12.3 Å². The second-order valence-corrected chi connectivity index (χ2v) is 5.64. The summed E-state index contributed by atoms with van der Waals surface area (Å²) in [6, 6.07) is 7.15. The lowest BCUT2D eigenvalue weighted by Crippen LogP contribution is -2.20. The van der Waals surface area contributed by atoms with Crippen LogP contribution in [0.25, 0.3) is 10.4 Å². The van der Waals surface area contributed by atoms with E-state index in [-0.39, 0.29) is 11.4 Å². The van der Waals surface area contributed by atoms with Gasteiger partial charge in [-0.2, -0.15) is 13.2 Å². The SMILES string of the molecule is Cc1ccc(-c2ccc(C(=N)C=C(N)C(F)(F)F)nc2)s1. The van der Waals surface area contributed by atoms with Gasteiger partial charge in [-0.3, -0.25) is 10.4 Å². The summed E-state index contributed by atoms with van der Waals surface area (Å²) in [5.74, 6) is 0. The first-order valence-electron chi connectivity index (χ1n) is 5.93. The van der Waals surface area contributed by atoms with E-state index in [0.717, 1.165) is 15.3 Å². The van der Waals surface area contributed by atoms with Crippen molar-refractivity contribution in [3.63, 3.8) is 0 Å². The number of alkyl halides is 3. The van der Waals surface area contributed by atoms with E-state index in [4.69, 9.17) is 11.1 Å². The topological polar surface area (TPSA) is 62.8 Å². The fraction of sp³-hybridized carbons (Fsp3) is 0.143. The number of aryl methyl sites for hydroxylation is 1. The number of allylic oxidation sites excluding steroid dienone is 2. The maximum Gasteiger partial charge on any atom is 0.430 e. The zero-order chi connectivity index (χ0) is 15.6. The molecule has 0 amide bonds. The van der Waals surface area contributed by atoms with Gasteiger partial charge in [-0.05, 0) is 37.3 Å². The van der Waals surface area contributed by atoms with E-state index in [1.54, 1.807) is 17.4 Å². The van der Waals surface area contributed by atoms with E-state index >= 15 is 0 Å². The van der Waals surface area contributed by atoms with Crippen molar-refractivity contribution in [3.05, 3.63) is 52.8 Å². The summed E-state index contributed by atoms with van der Waals surface area (Å²) in [5, 5.41) is 7.60. The Labute approximate surface area is 123 Å². The van der Waals surface area contributed by atoms with Crippen LogP contribution in [0.4, 0.5) is 13.2 Å². The molecule has 0 aromatic carbocycles. The predicted octanol–water partition coefficient (Wildman–Crippen LogP) is 3.89. The summed E-state index contributed by atoms with van der Waals surface area (Å²) in [6.45, 7) is 1.98. The lowest BCUT2D eigenvalue weighted by atomic mass is 10.1. The number of pyridine rings is 1. The third kappa shape index (κ3) is 3.69. The molecule has 0 aliphatic rings. The molecule has 0 unspecified atom stereocenters. The molecule has 2 rings (SSSR count).